The number of amides is 3. The Hall–Kier alpha value is -3.26. The van der Waals surface area contributed by atoms with E-state index in [9.17, 15) is 14.4 Å². The molecule has 3 amide bonds. The van der Waals surface area contributed by atoms with Crippen molar-refractivity contribution in [3.63, 3.8) is 0 Å². The van der Waals surface area contributed by atoms with Gasteiger partial charge in [0.2, 0.25) is 17.7 Å². The molecule has 0 bridgehead atoms. The van der Waals surface area contributed by atoms with Crippen LogP contribution >= 0.6 is 11.6 Å². The molecule has 164 valence electrons. The molecule has 0 saturated carbocycles. The Labute approximate surface area is 185 Å². The SMILES string of the molecule is COc1ccc(NC(C)=O)cc1NC(=O)C(C)Nc1ccc(N2CCCC2=O)c(Cl)c1. The monoisotopic (exact) mass is 444 g/mol. The molecule has 0 aromatic heterocycles. The van der Waals surface area contributed by atoms with E-state index in [1.807, 2.05) is 0 Å². The van der Waals surface area contributed by atoms with Gasteiger partial charge in [0, 0.05) is 31.3 Å². The van der Waals surface area contributed by atoms with E-state index >= 15 is 0 Å². The van der Waals surface area contributed by atoms with Gasteiger partial charge in [-0.05, 0) is 49.7 Å². The molecule has 1 fully saturated rings. The molecule has 1 aliphatic rings. The number of nitrogens with one attached hydrogen (secondary N) is 3. The molecule has 3 rings (SSSR count). The zero-order valence-corrected chi connectivity index (χ0v) is 18.4. The van der Waals surface area contributed by atoms with Crippen LogP contribution in [-0.4, -0.2) is 37.4 Å². The number of carbonyl (C=O) groups is 3. The first-order valence-corrected chi connectivity index (χ1v) is 10.3. The standard InChI is InChI=1S/C22H25ClN4O4/c1-13(22(30)26-18-12-16(25-14(2)28)7-9-20(18)31-3)24-15-6-8-19(17(23)11-15)27-10-4-5-21(27)29/h6-9,11-13,24H,4-5,10H2,1-3H3,(H,25,28)(H,26,30). The first-order chi connectivity index (χ1) is 14.8. The first-order valence-electron chi connectivity index (χ1n) is 9.91. The van der Waals surface area contributed by atoms with E-state index in [0.29, 0.717) is 46.5 Å². The fraction of sp³-hybridized carbons (Fsp3) is 0.318. The summed E-state index contributed by atoms with van der Waals surface area (Å²) in [5.74, 6) is 0.0183. The molecule has 9 heteroatoms. The number of nitrogens with zero attached hydrogens (tertiary/aromatic N) is 1. The van der Waals surface area contributed by atoms with Crippen molar-refractivity contribution in [1.29, 1.82) is 0 Å². The number of methoxy groups -OCH3 is 1. The van der Waals surface area contributed by atoms with Crippen LogP contribution in [0.3, 0.4) is 0 Å². The average molecular weight is 445 g/mol. The summed E-state index contributed by atoms with van der Waals surface area (Å²) >= 11 is 6.38. The second-order valence-corrected chi connectivity index (χ2v) is 7.67. The van der Waals surface area contributed by atoms with E-state index in [-0.39, 0.29) is 17.7 Å². The minimum atomic E-state index is -0.593. The molecule has 1 aliphatic heterocycles. The highest BCUT2D eigenvalue weighted by Gasteiger charge is 2.24. The maximum Gasteiger partial charge on any atom is 0.246 e. The van der Waals surface area contributed by atoms with E-state index in [4.69, 9.17) is 16.3 Å². The summed E-state index contributed by atoms with van der Waals surface area (Å²) in [5.41, 5.74) is 2.31. The lowest BCUT2D eigenvalue weighted by molar-refractivity contribution is -0.117. The Bertz CT molecular complexity index is 1010. The van der Waals surface area contributed by atoms with Crippen molar-refractivity contribution in [2.75, 3.05) is 34.5 Å². The van der Waals surface area contributed by atoms with Gasteiger partial charge in [-0.15, -0.1) is 0 Å². The van der Waals surface area contributed by atoms with Crippen LogP contribution in [0.15, 0.2) is 36.4 Å². The number of halogens is 1. The largest absolute Gasteiger partial charge is 0.495 e. The van der Waals surface area contributed by atoms with E-state index < -0.39 is 6.04 Å². The maximum atomic E-state index is 12.7. The summed E-state index contributed by atoms with van der Waals surface area (Å²) in [7, 11) is 1.50. The minimum Gasteiger partial charge on any atom is -0.495 e. The zero-order chi connectivity index (χ0) is 22.5. The van der Waals surface area contributed by atoms with E-state index in [1.54, 1.807) is 48.2 Å². The first kappa shape index (κ1) is 22.4. The number of hydrogen-bond donors (Lipinski definition) is 3. The smallest absolute Gasteiger partial charge is 0.246 e. The molecular formula is C22H25ClN4O4. The van der Waals surface area contributed by atoms with Gasteiger partial charge in [0.05, 0.1) is 23.5 Å². The third-order valence-electron chi connectivity index (χ3n) is 4.87. The van der Waals surface area contributed by atoms with Crippen LogP contribution in [0, 0.1) is 0 Å². The lowest BCUT2D eigenvalue weighted by Gasteiger charge is -2.20. The fourth-order valence-corrected chi connectivity index (χ4v) is 3.64. The normalized spacial score (nSPS) is 14.2. The number of hydrogen-bond acceptors (Lipinski definition) is 5. The molecule has 31 heavy (non-hydrogen) atoms. The molecule has 1 atom stereocenters. The third-order valence-corrected chi connectivity index (χ3v) is 5.17. The van der Waals surface area contributed by atoms with Crippen LogP contribution < -0.4 is 25.6 Å². The van der Waals surface area contributed by atoms with Crippen LogP contribution in [0.1, 0.15) is 26.7 Å². The average Bonchev–Trinajstić information content (AvgIpc) is 3.13. The van der Waals surface area contributed by atoms with Crippen LogP contribution in [-0.2, 0) is 14.4 Å². The quantitative estimate of drug-likeness (QED) is 0.602. The zero-order valence-electron chi connectivity index (χ0n) is 17.6. The molecule has 1 unspecified atom stereocenters. The molecule has 2 aromatic carbocycles. The number of carbonyl (C=O) groups excluding carboxylic acids is 3. The van der Waals surface area contributed by atoms with Gasteiger partial charge in [-0.2, -0.15) is 0 Å². The fourth-order valence-electron chi connectivity index (χ4n) is 3.36. The Morgan fingerprint density at radius 2 is 1.87 bits per heavy atom. The molecule has 2 aromatic rings. The number of rotatable bonds is 7. The van der Waals surface area contributed by atoms with Crippen molar-refractivity contribution in [2.24, 2.45) is 0 Å². The predicted molar refractivity (Wildman–Crippen MR) is 122 cm³/mol. The number of ether oxygens (including phenoxy) is 1. The predicted octanol–water partition coefficient (Wildman–Crippen LogP) is 3.87. The molecule has 0 radical (unpaired) electrons. The van der Waals surface area contributed by atoms with Crippen LogP contribution in [0.4, 0.5) is 22.7 Å². The molecule has 1 saturated heterocycles. The highest BCUT2D eigenvalue weighted by atomic mass is 35.5. The highest BCUT2D eigenvalue weighted by Crippen LogP contribution is 2.32. The summed E-state index contributed by atoms with van der Waals surface area (Å²) in [6.07, 6.45) is 1.35. The van der Waals surface area contributed by atoms with Crippen molar-refractivity contribution in [3.05, 3.63) is 41.4 Å². The highest BCUT2D eigenvalue weighted by molar-refractivity contribution is 6.34. The number of benzene rings is 2. The van der Waals surface area contributed by atoms with Crippen molar-refractivity contribution >= 4 is 52.1 Å². The lowest BCUT2D eigenvalue weighted by Crippen LogP contribution is -2.32. The van der Waals surface area contributed by atoms with Gasteiger partial charge in [0.25, 0.3) is 0 Å². The topological polar surface area (TPSA) is 99.8 Å². The molecule has 0 aliphatic carbocycles. The van der Waals surface area contributed by atoms with Crippen molar-refractivity contribution in [1.82, 2.24) is 0 Å². The van der Waals surface area contributed by atoms with E-state index in [2.05, 4.69) is 16.0 Å². The van der Waals surface area contributed by atoms with Crippen LogP contribution in [0.5, 0.6) is 5.75 Å². The summed E-state index contributed by atoms with van der Waals surface area (Å²) in [6.45, 7) is 3.78. The lowest BCUT2D eigenvalue weighted by atomic mass is 10.2. The minimum absolute atomic E-state index is 0.0609. The summed E-state index contributed by atoms with van der Waals surface area (Å²) in [4.78, 5) is 37.6. The van der Waals surface area contributed by atoms with Gasteiger partial charge in [0.15, 0.2) is 0 Å². The maximum absolute atomic E-state index is 12.7. The Balaban J connectivity index is 1.69. The second-order valence-electron chi connectivity index (χ2n) is 7.27. The van der Waals surface area contributed by atoms with Crippen LogP contribution in [0.25, 0.3) is 0 Å². The van der Waals surface area contributed by atoms with Crippen molar-refractivity contribution in [3.8, 4) is 5.75 Å². The van der Waals surface area contributed by atoms with E-state index in [1.165, 1.54) is 14.0 Å². The summed E-state index contributed by atoms with van der Waals surface area (Å²) < 4.78 is 5.29. The summed E-state index contributed by atoms with van der Waals surface area (Å²) in [6, 6.07) is 9.65. The van der Waals surface area contributed by atoms with Gasteiger partial charge in [0.1, 0.15) is 11.8 Å². The second kappa shape index (κ2) is 9.70. The van der Waals surface area contributed by atoms with E-state index in [0.717, 1.165) is 6.42 Å². The van der Waals surface area contributed by atoms with Gasteiger partial charge in [-0.25, -0.2) is 0 Å². The van der Waals surface area contributed by atoms with Gasteiger partial charge in [-0.3, -0.25) is 14.4 Å². The Morgan fingerprint density at radius 3 is 2.48 bits per heavy atom. The molecule has 0 spiro atoms. The molecular weight excluding hydrogens is 420 g/mol. The van der Waals surface area contributed by atoms with Crippen molar-refractivity contribution in [2.45, 2.75) is 32.7 Å². The molecule has 3 N–H and O–H groups in total. The van der Waals surface area contributed by atoms with Gasteiger partial charge < -0.3 is 25.6 Å². The summed E-state index contributed by atoms with van der Waals surface area (Å²) in [5, 5.41) is 9.03. The molecule has 8 nitrogen and oxygen atoms in total. The number of anilines is 4. The van der Waals surface area contributed by atoms with Crippen molar-refractivity contribution < 1.29 is 19.1 Å². The van der Waals surface area contributed by atoms with Crippen LogP contribution in [0.2, 0.25) is 5.02 Å². The van der Waals surface area contributed by atoms with Gasteiger partial charge >= 0.3 is 0 Å². The molecule has 1 heterocycles. The Morgan fingerprint density at radius 1 is 1.13 bits per heavy atom. The Kier molecular flexibility index (Phi) is 7.02. The van der Waals surface area contributed by atoms with Gasteiger partial charge in [-0.1, -0.05) is 11.6 Å². The third kappa shape index (κ3) is 5.46.